The number of benzene rings is 1. The van der Waals surface area contributed by atoms with E-state index < -0.39 is 0 Å². The topological polar surface area (TPSA) is 24.5 Å². The van der Waals surface area contributed by atoms with Gasteiger partial charge < -0.3 is 15.0 Å². The van der Waals surface area contributed by atoms with E-state index in [2.05, 4.69) is 56.1 Å². The molecule has 2 rings (SSSR count). The van der Waals surface area contributed by atoms with Gasteiger partial charge in [0.05, 0.1) is 7.11 Å². The number of rotatable bonds is 5. The molecular weight excluding hydrogens is 260 g/mol. The Bertz CT molecular complexity index is 460. The highest BCUT2D eigenvalue weighted by Gasteiger charge is 2.28. The van der Waals surface area contributed by atoms with Gasteiger partial charge >= 0.3 is 0 Å². The molecule has 1 aromatic carbocycles. The van der Waals surface area contributed by atoms with Crippen LogP contribution in [0.4, 0.5) is 5.69 Å². The summed E-state index contributed by atoms with van der Waals surface area (Å²) >= 11 is 0. The molecule has 1 saturated heterocycles. The first-order valence-corrected chi connectivity index (χ1v) is 8.13. The van der Waals surface area contributed by atoms with Crippen molar-refractivity contribution in [3.05, 3.63) is 23.8 Å². The molecule has 118 valence electrons. The molecule has 0 amide bonds. The van der Waals surface area contributed by atoms with Crippen molar-refractivity contribution in [1.29, 1.82) is 0 Å². The molecule has 3 nitrogen and oxygen atoms in total. The summed E-state index contributed by atoms with van der Waals surface area (Å²) in [4.78, 5) is 2.52. The highest BCUT2D eigenvalue weighted by Crippen LogP contribution is 2.38. The molecule has 1 fully saturated rings. The van der Waals surface area contributed by atoms with Crippen LogP contribution in [0.15, 0.2) is 18.2 Å². The van der Waals surface area contributed by atoms with Gasteiger partial charge in [0.2, 0.25) is 0 Å². The maximum Gasteiger partial charge on any atom is 0.125 e. The van der Waals surface area contributed by atoms with Crippen LogP contribution in [0.25, 0.3) is 0 Å². The largest absolute Gasteiger partial charge is 0.496 e. The second-order valence-electron chi connectivity index (χ2n) is 6.82. The zero-order valence-electron chi connectivity index (χ0n) is 14.2. The Labute approximate surface area is 129 Å². The lowest BCUT2D eigenvalue weighted by Gasteiger charge is -2.39. The molecule has 0 saturated carbocycles. The second kappa shape index (κ2) is 6.69. The van der Waals surface area contributed by atoms with Crippen LogP contribution in [0, 0.1) is 5.41 Å². The number of anilines is 1. The van der Waals surface area contributed by atoms with Gasteiger partial charge in [0, 0.05) is 30.4 Å². The van der Waals surface area contributed by atoms with Crippen molar-refractivity contribution in [3.63, 3.8) is 0 Å². The van der Waals surface area contributed by atoms with E-state index in [9.17, 15) is 0 Å². The normalized spacial score (nSPS) is 19.4. The van der Waals surface area contributed by atoms with Crippen LogP contribution in [0.5, 0.6) is 5.75 Å². The summed E-state index contributed by atoms with van der Waals surface area (Å²) in [5.74, 6) is 0.991. The van der Waals surface area contributed by atoms with E-state index in [0.717, 1.165) is 25.4 Å². The number of nitrogens with one attached hydrogen (secondary N) is 1. The van der Waals surface area contributed by atoms with E-state index in [4.69, 9.17) is 4.74 Å². The second-order valence-corrected chi connectivity index (χ2v) is 6.82. The van der Waals surface area contributed by atoms with Crippen LogP contribution in [0.1, 0.15) is 52.1 Å². The summed E-state index contributed by atoms with van der Waals surface area (Å²) in [6, 6.07) is 6.72. The highest BCUT2D eigenvalue weighted by atomic mass is 16.5. The van der Waals surface area contributed by atoms with Gasteiger partial charge in [-0.1, -0.05) is 26.8 Å². The lowest BCUT2D eigenvalue weighted by molar-refractivity contribution is 0.279. The minimum atomic E-state index is 0.302. The fraction of sp³-hybridized carbons (Fsp3) is 0.667. The predicted octanol–water partition coefficient (Wildman–Crippen LogP) is 3.99. The summed E-state index contributed by atoms with van der Waals surface area (Å²) in [7, 11) is 1.76. The van der Waals surface area contributed by atoms with Gasteiger partial charge in [0.25, 0.3) is 0 Å². The Balaban J connectivity index is 2.30. The van der Waals surface area contributed by atoms with E-state index in [0.29, 0.717) is 11.5 Å². The summed E-state index contributed by atoms with van der Waals surface area (Å²) in [6.07, 6.45) is 2.50. The van der Waals surface area contributed by atoms with Gasteiger partial charge in [-0.05, 0) is 43.9 Å². The lowest BCUT2D eigenvalue weighted by Crippen LogP contribution is -2.38. The van der Waals surface area contributed by atoms with Crippen molar-refractivity contribution in [2.75, 3.05) is 31.6 Å². The van der Waals surface area contributed by atoms with Crippen LogP contribution in [0.3, 0.4) is 0 Å². The Morgan fingerprint density at radius 3 is 2.52 bits per heavy atom. The Morgan fingerprint density at radius 1 is 1.29 bits per heavy atom. The maximum absolute atomic E-state index is 5.62. The Morgan fingerprint density at radius 2 is 1.95 bits per heavy atom. The molecule has 1 aliphatic heterocycles. The van der Waals surface area contributed by atoms with Crippen LogP contribution >= 0.6 is 0 Å². The third-order valence-corrected chi connectivity index (χ3v) is 4.66. The zero-order valence-corrected chi connectivity index (χ0v) is 14.2. The molecule has 0 aromatic heterocycles. The quantitative estimate of drug-likeness (QED) is 0.887. The number of hydrogen-bond donors (Lipinski definition) is 1. The number of ether oxygens (including phenoxy) is 1. The van der Waals surface area contributed by atoms with Gasteiger partial charge in [-0.25, -0.2) is 0 Å². The number of nitrogens with zero attached hydrogens (tertiary/aromatic N) is 1. The highest BCUT2D eigenvalue weighted by molar-refractivity contribution is 5.61. The van der Waals surface area contributed by atoms with Crippen LogP contribution in [0.2, 0.25) is 0 Å². The predicted molar refractivity (Wildman–Crippen MR) is 90.3 cm³/mol. The molecule has 1 heterocycles. The standard InChI is InChI=1S/C18H30N2O/c1-6-19-14(2)17-15(8-7-9-16(17)21-5)20-12-10-18(3,4)11-13-20/h7-9,14,19H,6,10-13H2,1-5H3. The zero-order chi connectivity index (χ0) is 15.5. The first-order valence-electron chi connectivity index (χ1n) is 8.13. The third kappa shape index (κ3) is 3.70. The van der Waals surface area contributed by atoms with Gasteiger partial charge in [0.1, 0.15) is 5.75 Å². The molecule has 1 aromatic rings. The number of piperidine rings is 1. The van der Waals surface area contributed by atoms with E-state index >= 15 is 0 Å². The van der Waals surface area contributed by atoms with Crippen molar-refractivity contribution in [2.45, 2.75) is 46.6 Å². The molecule has 1 aliphatic rings. The first-order chi connectivity index (χ1) is 9.98. The maximum atomic E-state index is 5.62. The average molecular weight is 290 g/mol. The number of methoxy groups -OCH3 is 1. The molecule has 3 heteroatoms. The molecule has 1 atom stereocenters. The van der Waals surface area contributed by atoms with Crippen LogP contribution in [-0.4, -0.2) is 26.7 Å². The van der Waals surface area contributed by atoms with E-state index in [-0.39, 0.29) is 0 Å². The summed E-state index contributed by atoms with van der Waals surface area (Å²) < 4.78 is 5.62. The molecule has 0 aliphatic carbocycles. The van der Waals surface area contributed by atoms with Crippen molar-refractivity contribution < 1.29 is 4.74 Å². The van der Waals surface area contributed by atoms with Gasteiger partial charge in [-0.3, -0.25) is 0 Å². The van der Waals surface area contributed by atoms with Gasteiger partial charge in [-0.15, -0.1) is 0 Å². The molecule has 0 radical (unpaired) electrons. The summed E-state index contributed by atoms with van der Waals surface area (Å²) in [6.45, 7) is 12.3. The van der Waals surface area contributed by atoms with E-state index in [1.807, 2.05) is 0 Å². The fourth-order valence-electron chi connectivity index (χ4n) is 3.18. The average Bonchev–Trinajstić information content (AvgIpc) is 2.46. The fourth-order valence-corrected chi connectivity index (χ4v) is 3.18. The minimum absolute atomic E-state index is 0.302. The minimum Gasteiger partial charge on any atom is -0.496 e. The smallest absolute Gasteiger partial charge is 0.125 e. The number of hydrogen-bond acceptors (Lipinski definition) is 3. The van der Waals surface area contributed by atoms with Crippen LogP contribution in [-0.2, 0) is 0 Å². The van der Waals surface area contributed by atoms with E-state index in [1.165, 1.54) is 24.1 Å². The van der Waals surface area contributed by atoms with E-state index in [1.54, 1.807) is 7.11 Å². The van der Waals surface area contributed by atoms with Gasteiger partial charge in [-0.2, -0.15) is 0 Å². The molecule has 1 unspecified atom stereocenters. The monoisotopic (exact) mass is 290 g/mol. The van der Waals surface area contributed by atoms with Crippen LogP contribution < -0.4 is 15.0 Å². The summed E-state index contributed by atoms with van der Waals surface area (Å²) in [5, 5.41) is 3.53. The molecule has 0 bridgehead atoms. The molecule has 1 N–H and O–H groups in total. The van der Waals surface area contributed by atoms with Crippen molar-refractivity contribution >= 4 is 5.69 Å². The first kappa shape index (κ1) is 16.2. The van der Waals surface area contributed by atoms with Crippen molar-refractivity contribution in [3.8, 4) is 5.75 Å². The molecular formula is C18H30N2O. The summed E-state index contributed by atoms with van der Waals surface area (Å²) in [5.41, 5.74) is 3.10. The van der Waals surface area contributed by atoms with Crippen molar-refractivity contribution in [1.82, 2.24) is 5.32 Å². The Kier molecular flexibility index (Phi) is 5.15. The van der Waals surface area contributed by atoms with Crippen molar-refractivity contribution in [2.24, 2.45) is 5.41 Å². The third-order valence-electron chi connectivity index (χ3n) is 4.66. The Hall–Kier alpha value is -1.22. The SMILES string of the molecule is CCNC(C)c1c(OC)cccc1N1CCC(C)(C)CC1. The lowest BCUT2D eigenvalue weighted by atomic mass is 9.82. The molecule has 21 heavy (non-hydrogen) atoms. The molecule has 0 spiro atoms. The van der Waals surface area contributed by atoms with Gasteiger partial charge in [0.15, 0.2) is 0 Å².